The van der Waals surface area contributed by atoms with Crippen LogP contribution in [0.15, 0.2) is 30.3 Å². The van der Waals surface area contributed by atoms with Crippen LogP contribution in [0, 0.1) is 25.2 Å². The number of aromatic nitrogens is 1. The summed E-state index contributed by atoms with van der Waals surface area (Å²) in [6.07, 6.45) is 0. The molecule has 4 heteroatoms. The number of nitriles is 1. The molecule has 2 rings (SSSR count). The average Bonchev–Trinajstić information content (AvgIpc) is 2.32. The van der Waals surface area contributed by atoms with Crippen molar-refractivity contribution in [2.24, 2.45) is 0 Å². The van der Waals surface area contributed by atoms with E-state index in [0.29, 0.717) is 16.4 Å². The van der Waals surface area contributed by atoms with E-state index in [0.717, 1.165) is 16.9 Å². The van der Waals surface area contributed by atoms with E-state index in [-0.39, 0.29) is 0 Å². The Morgan fingerprint density at radius 2 is 1.89 bits per heavy atom. The number of aryl methyl sites for hydroxylation is 2. The zero-order valence-corrected chi connectivity index (χ0v) is 10.9. The molecule has 0 atom stereocenters. The standard InChI is InChI=1S/C14H12ClN3/c1-9-7-10(2)17-14(13(9)8-16)18-12-5-3-11(15)4-6-12/h3-7H,1-2H3,(H,17,18). The van der Waals surface area contributed by atoms with Crippen LogP contribution in [0.5, 0.6) is 0 Å². The lowest BCUT2D eigenvalue weighted by Gasteiger charge is -2.10. The first-order chi connectivity index (χ1) is 8.60. The minimum absolute atomic E-state index is 0.565. The van der Waals surface area contributed by atoms with Crippen LogP contribution in [0.1, 0.15) is 16.8 Å². The SMILES string of the molecule is Cc1cc(C)c(C#N)c(Nc2ccc(Cl)cc2)n1. The minimum Gasteiger partial charge on any atom is -0.339 e. The number of nitrogens with zero attached hydrogens (tertiary/aromatic N) is 2. The molecule has 1 N–H and O–H groups in total. The van der Waals surface area contributed by atoms with Gasteiger partial charge in [0.2, 0.25) is 0 Å². The van der Waals surface area contributed by atoms with E-state index in [4.69, 9.17) is 16.9 Å². The Morgan fingerprint density at radius 1 is 1.22 bits per heavy atom. The maximum Gasteiger partial charge on any atom is 0.148 e. The van der Waals surface area contributed by atoms with Gasteiger partial charge < -0.3 is 5.32 Å². The molecule has 18 heavy (non-hydrogen) atoms. The Bertz CT molecular complexity index is 612. The summed E-state index contributed by atoms with van der Waals surface area (Å²) in [5, 5.41) is 13.0. The number of pyridine rings is 1. The third-order valence-electron chi connectivity index (χ3n) is 2.56. The zero-order chi connectivity index (χ0) is 13.1. The number of anilines is 2. The molecule has 90 valence electrons. The van der Waals surface area contributed by atoms with Crippen LogP contribution < -0.4 is 5.32 Å². The van der Waals surface area contributed by atoms with Gasteiger partial charge in [-0.1, -0.05) is 11.6 Å². The van der Waals surface area contributed by atoms with Crippen molar-refractivity contribution in [2.75, 3.05) is 5.32 Å². The number of hydrogen-bond donors (Lipinski definition) is 1. The van der Waals surface area contributed by atoms with Gasteiger partial charge >= 0.3 is 0 Å². The molecule has 0 fully saturated rings. The van der Waals surface area contributed by atoms with E-state index >= 15 is 0 Å². The van der Waals surface area contributed by atoms with Gasteiger partial charge in [0.15, 0.2) is 0 Å². The first-order valence-corrected chi connectivity index (χ1v) is 5.89. The van der Waals surface area contributed by atoms with E-state index < -0.39 is 0 Å². The van der Waals surface area contributed by atoms with Crippen LogP contribution in [0.4, 0.5) is 11.5 Å². The fourth-order valence-electron chi connectivity index (χ4n) is 1.74. The second kappa shape index (κ2) is 5.07. The van der Waals surface area contributed by atoms with E-state index in [1.165, 1.54) is 0 Å². The number of rotatable bonds is 2. The predicted molar refractivity (Wildman–Crippen MR) is 73.2 cm³/mol. The topological polar surface area (TPSA) is 48.7 Å². The number of benzene rings is 1. The molecule has 0 saturated carbocycles. The van der Waals surface area contributed by atoms with Gasteiger partial charge in [-0.3, -0.25) is 0 Å². The Balaban J connectivity index is 2.40. The van der Waals surface area contributed by atoms with Crippen LogP contribution in [0.2, 0.25) is 5.02 Å². The quantitative estimate of drug-likeness (QED) is 0.886. The van der Waals surface area contributed by atoms with Gasteiger partial charge in [0.25, 0.3) is 0 Å². The Morgan fingerprint density at radius 3 is 2.50 bits per heavy atom. The molecule has 0 aliphatic heterocycles. The summed E-state index contributed by atoms with van der Waals surface area (Å²) < 4.78 is 0. The smallest absolute Gasteiger partial charge is 0.148 e. The molecule has 0 unspecified atom stereocenters. The van der Waals surface area contributed by atoms with Crippen molar-refractivity contribution in [3.05, 3.63) is 52.2 Å². The fourth-order valence-corrected chi connectivity index (χ4v) is 1.86. The average molecular weight is 258 g/mol. The summed E-state index contributed by atoms with van der Waals surface area (Å²) in [5.41, 5.74) is 3.22. The number of nitrogens with one attached hydrogen (secondary N) is 1. The Labute approximate surface area is 111 Å². The maximum absolute atomic E-state index is 9.16. The van der Waals surface area contributed by atoms with Gasteiger partial charge in [0.1, 0.15) is 11.9 Å². The van der Waals surface area contributed by atoms with Crippen LogP contribution >= 0.6 is 11.6 Å². The summed E-state index contributed by atoms with van der Waals surface area (Å²) in [4.78, 5) is 4.36. The predicted octanol–water partition coefficient (Wildman–Crippen LogP) is 3.97. The van der Waals surface area contributed by atoms with Crippen molar-refractivity contribution in [2.45, 2.75) is 13.8 Å². The van der Waals surface area contributed by atoms with Gasteiger partial charge in [0.05, 0.1) is 5.56 Å². The van der Waals surface area contributed by atoms with Gasteiger partial charge in [-0.25, -0.2) is 4.98 Å². The highest BCUT2D eigenvalue weighted by molar-refractivity contribution is 6.30. The monoisotopic (exact) mass is 257 g/mol. The van der Waals surface area contributed by atoms with Crippen molar-refractivity contribution >= 4 is 23.1 Å². The van der Waals surface area contributed by atoms with Gasteiger partial charge in [-0.05, 0) is 49.7 Å². The summed E-state index contributed by atoms with van der Waals surface area (Å²) >= 11 is 5.83. The summed E-state index contributed by atoms with van der Waals surface area (Å²) in [5.74, 6) is 0.581. The number of halogens is 1. The summed E-state index contributed by atoms with van der Waals surface area (Å²) in [7, 11) is 0. The summed E-state index contributed by atoms with van der Waals surface area (Å²) in [6.45, 7) is 3.81. The molecule has 0 aliphatic carbocycles. The molecule has 1 heterocycles. The largest absolute Gasteiger partial charge is 0.339 e. The molecule has 1 aromatic carbocycles. The zero-order valence-electron chi connectivity index (χ0n) is 10.2. The molecule has 0 spiro atoms. The summed E-state index contributed by atoms with van der Waals surface area (Å²) in [6, 6.07) is 11.3. The molecular formula is C14H12ClN3. The maximum atomic E-state index is 9.16. The molecule has 3 nitrogen and oxygen atoms in total. The molecule has 0 aliphatic rings. The molecule has 0 saturated heterocycles. The lowest BCUT2D eigenvalue weighted by atomic mass is 10.1. The van der Waals surface area contributed by atoms with Gasteiger partial charge in [-0.15, -0.1) is 0 Å². The highest BCUT2D eigenvalue weighted by Crippen LogP contribution is 2.22. The second-order valence-corrected chi connectivity index (χ2v) is 4.48. The van der Waals surface area contributed by atoms with Crippen molar-refractivity contribution < 1.29 is 0 Å². The lowest BCUT2D eigenvalue weighted by molar-refractivity contribution is 1.16. The van der Waals surface area contributed by atoms with Crippen molar-refractivity contribution in [1.82, 2.24) is 4.98 Å². The van der Waals surface area contributed by atoms with Crippen LogP contribution in [-0.2, 0) is 0 Å². The first kappa shape index (κ1) is 12.4. The normalized spacial score (nSPS) is 9.89. The highest BCUT2D eigenvalue weighted by Gasteiger charge is 2.08. The first-order valence-electron chi connectivity index (χ1n) is 5.51. The Kier molecular flexibility index (Phi) is 3.50. The van der Waals surface area contributed by atoms with Crippen molar-refractivity contribution in [3.8, 4) is 6.07 Å². The van der Waals surface area contributed by atoms with Crippen LogP contribution in [-0.4, -0.2) is 4.98 Å². The van der Waals surface area contributed by atoms with Crippen molar-refractivity contribution in [1.29, 1.82) is 5.26 Å². The van der Waals surface area contributed by atoms with Gasteiger partial charge in [0, 0.05) is 16.4 Å². The molecular weight excluding hydrogens is 246 g/mol. The fraction of sp³-hybridized carbons (Fsp3) is 0.143. The second-order valence-electron chi connectivity index (χ2n) is 4.05. The Hall–Kier alpha value is -2.05. The minimum atomic E-state index is 0.565. The third-order valence-corrected chi connectivity index (χ3v) is 2.82. The van der Waals surface area contributed by atoms with E-state index in [2.05, 4.69) is 16.4 Å². The molecule has 2 aromatic rings. The van der Waals surface area contributed by atoms with E-state index in [1.54, 1.807) is 12.1 Å². The van der Waals surface area contributed by atoms with Crippen LogP contribution in [0.3, 0.4) is 0 Å². The molecule has 0 radical (unpaired) electrons. The van der Waals surface area contributed by atoms with E-state index in [9.17, 15) is 0 Å². The third kappa shape index (κ3) is 2.61. The van der Waals surface area contributed by atoms with Crippen LogP contribution in [0.25, 0.3) is 0 Å². The highest BCUT2D eigenvalue weighted by atomic mass is 35.5. The van der Waals surface area contributed by atoms with Gasteiger partial charge in [-0.2, -0.15) is 5.26 Å². The number of hydrogen-bond acceptors (Lipinski definition) is 3. The van der Waals surface area contributed by atoms with E-state index in [1.807, 2.05) is 32.0 Å². The van der Waals surface area contributed by atoms with Crippen molar-refractivity contribution in [3.63, 3.8) is 0 Å². The molecule has 1 aromatic heterocycles. The lowest BCUT2D eigenvalue weighted by Crippen LogP contribution is -2.00. The molecule has 0 bridgehead atoms. The molecule has 0 amide bonds.